The molecular formula is C12H16N4O4S. The van der Waals surface area contributed by atoms with Crippen LogP contribution in [0.4, 0.5) is 5.82 Å². The van der Waals surface area contributed by atoms with Crippen LogP contribution in [0.3, 0.4) is 0 Å². The molecule has 21 heavy (non-hydrogen) atoms. The largest absolute Gasteiger partial charge is 0.438 e. The number of rotatable bonds is 4. The lowest BCUT2D eigenvalue weighted by Gasteiger charge is -2.07. The van der Waals surface area contributed by atoms with Gasteiger partial charge in [-0.25, -0.2) is 12.7 Å². The minimum atomic E-state index is -3.70. The molecule has 0 saturated carbocycles. The van der Waals surface area contributed by atoms with Gasteiger partial charge >= 0.3 is 0 Å². The second-order valence-corrected chi connectivity index (χ2v) is 6.77. The highest BCUT2D eigenvalue weighted by atomic mass is 32.2. The van der Waals surface area contributed by atoms with Crippen LogP contribution in [-0.2, 0) is 10.0 Å². The number of aryl methyl sites for hydroxylation is 1. The predicted molar refractivity (Wildman–Crippen MR) is 75.6 cm³/mol. The van der Waals surface area contributed by atoms with Gasteiger partial charge in [-0.1, -0.05) is 0 Å². The molecule has 114 valence electrons. The van der Waals surface area contributed by atoms with Crippen LogP contribution in [0.15, 0.2) is 21.6 Å². The first-order chi connectivity index (χ1) is 9.73. The van der Waals surface area contributed by atoms with Gasteiger partial charge in [-0.3, -0.25) is 9.89 Å². The maximum atomic E-state index is 12.0. The fourth-order valence-electron chi connectivity index (χ4n) is 1.54. The van der Waals surface area contributed by atoms with E-state index >= 15 is 0 Å². The molecule has 0 saturated heterocycles. The summed E-state index contributed by atoms with van der Waals surface area (Å²) in [5.74, 6) is -0.286. The van der Waals surface area contributed by atoms with Crippen LogP contribution in [0, 0.1) is 13.8 Å². The number of hydrogen-bond donors (Lipinski definition) is 2. The number of carbonyl (C=O) groups is 1. The molecule has 2 heterocycles. The van der Waals surface area contributed by atoms with Crippen LogP contribution in [0.2, 0.25) is 0 Å². The number of furan rings is 1. The Morgan fingerprint density at radius 3 is 2.52 bits per heavy atom. The number of nitrogens with zero attached hydrogens (tertiary/aromatic N) is 2. The molecule has 9 heteroatoms. The van der Waals surface area contributed by atoms with Crippen LogP contribution < -0.4 is 5.32 Å². The van der Waals surface area contributed by atoms with Crippen molar-refractivity contribution in [2.45, 2.75) is 18.9 Å². The Hall–Kier alpha value is -2.13. The van der Waals surface area contributed by atoms with E-state index in [1.807, 2.05) is 6.92 Å². The Morgan fingerprint density at radius 1 is 1.33 bits per heavy atom. The maximum absolute atomic E-state index is 12.0. The van der Waals surface area contributed by atoms with Crippen LogP contribution in [0.5, 0.6) is 0 Å². The average molecular weight is 312 g/mol. The van der Waals surface area contributed by atoms with Gasteiger partial charge < -0.3 is 9.73 Å². The number of sulfonamides is 1. The summed E-state index contributed by atoms with van der Waals surface area (Å²) < 4.78 is 29.9. The Labute approximate surface area is 122 Å². The van der Waals surface area contributed by atoms with E-state index in [0.29, 0.717) is 5.82 Å². The third kappa shape index (κ3) is 2.83. The van der Waals surface area contributed by atoms with Gasteiger partial charge in [-0.15, -0.1) is 0 Å². The Morgan fingerprint density at radius 2 is 2.00 bits per heavy atom. The van der Waals surface area contributed by atoms with Gasteiger partial charge in [0.1, 0.15) is 0 Å². The van der Waals surface area contributed by atoms with Gasteiger partial charge in [-0.05, 0) is 26.0 Å². The summed E-state index contributed by atoms with van der Waals surface area (Å²) in [6, 6.07) is 2.55. The number of amides is 1. The third-order valence-electron chi connectivity index (χ3n) is 3.03. The monoisotopic (exact) mass is 312 g/mol. The van der Waals surface area contributed by atoms with E-state index in [2.05, 4.69) is 15.5 Å². The zero-order valence-corrected chi connectivity index (χ0v) is 12.9. The Bertz CT molecular complexity index is 773. The van der Waals surface area contributed by atoms with Crippen molar-refractivity contribution < 1.29 is 17.6 Å². The summed E-state index contributed by atoms with van der Waals surface area (Å²) in [5, 5.41) is 8.95. The molecule has 0 aliphatic rings. The van der Waals surface area contributed by atoms with Gasteiger partial charge in [0.2, 0.25) is 5.09 Å². The van der Waals surface area contributed by atoms with E-state index in [-0.39, 0.29) is 10.9 Å². The van der Waals surface area contributed by atoms with E-state index < -0.39 is 15.9 Å². The number of nitrogens with one attached hydrogen (secondary N) is 2. The molecule has 0 radical (unpaired) electrons. The molecule has 2 N–H and O–H groups in total. The van der Waals surface area contributed by atoms with Crippen molar-refractivity contribution in [3.8, 4) is 0 Å². The normalized spacial score (nSPS) is 11.9. The van der Waals surface area contributed by atoms with E-state index in [1.165, 1.54) is 26.2 Å². The lowest BCUT2D eigenvalue weighted by atomic mass is 10.3. The maximum Gasteiger partial charge on any atom is 0.292 e. The molecule has 0 aromatic carbocycles. The van der Waals surface area contributed by atoms with Gasteiger partial charge in [-0.2, -0.15) is 5.10 Å². The summed E-state index contributed by atoms with van der Waals surface area (Å²) in [4.78, 5) is 12.0. The van der Waals surface area contributed by atoms with Crippen molar-refractivity contribution in [2.75, 3.05) is 19.4 Å². The third-order valence-corrected chi connectivity index (χ3v) is 4.71. The van der Waals surface area contributed by atoms with Crippen molar-refractivity contribution in [1.29, 1.82) is 0 Å². The second-order valence-electron chi connectivity index (χ2n) is 4.68. The van der Waals surface area contributed by atoms with E-state index in [0.717, 1.165) is 15.6 Å². The van der Waals surface area contributed by atoms with Crippen LogP contribution >= 0.6 is 0 Å². The second kappa shape index (κ2) is 5.34. The molecule has 0 unspecified atom stereocenters. The molecule has 2 rings (SSSR count). The number of anilines is 1. The molecule has 2 aromatic heterocycles. The van der Waals surface area contributed by atoms with Gasteiger partial charge in [0, 0.05) is 25.4 Å². The summed E-state index contributed by atoms with van der Waals surface area (Å²) in [6.45, 7) is 3.63. The molecule has 0 spiro atoms. The zero-order valence-electron chi connectivity index (χ0n) is 12.1. The standard InChI is InChI=1S/C12H16N4O4S/c1-7-8(2)14-15-11(7)13-12(17)9-5-6-10(20-9)21(18,19)16(3)4/h5-6H,1-4H3,(H2,13,14,15,17). The highest BCUT2D eigenvalue weighted by molar-refractivity contribution is 7.88. The van der Waals surface area contributed by atoms with E-state index in [1.54, 1.807) is 6.92 Å². The van der Waals surface area contributed by atoms with Gasteiger partial charge in [0.15, 0.2) is 11.6 Å². The minimum absolute atomic E-state index is 0.101. The topological polar surface area (TPSA) is 108 Å². The van der Waals surface area contributed by atoms with E-state index in [9.17, 15) is 13.2 Å². The number of hydrogen-bond acceptors (Lipinski definition) is 5. The van der Waals surface area contributed by atoms with Crippen molar-refractivity contribution in [3.63, 3.8) is 0 Å². The lowest BCUT2D eigenvalue weighted by Crippen LogP contribution is -2.21. The molecule has 0 fully saturated rings. The molecular weight excluding hydrogens is 296 g/mol. The van der Waals surface area contributed by atoms with Crippen LogP contribution in [0.1, 0.15) is 21.8 Å². The van der Waals surface area contributed by atoms with E-state index in [4.69, 9.17) is 4.42 Å². The molecule has 0 atom stereocenters. The predicted octanol–water partition coefficient (Wildman–Crippen LogP) is 1.12. The Kier molecular flexibility index (Phi) is 3.88. The van der Waals surface area contributed by atoms with Crippen LogP contribution in [-0.4, -0.2) is 42.9 Å². The molecule has 1 amide bonds. The smallest absolute Gasteiger partial charge is 0.292 e. The fourth-order valence-corrected chi connectivity index (χ4v) is 2.33. The first-order valence-electron chi connectivity index (χ1n) is 6.08. The van der Waals surface area contributed by atoms with Crippen molar-refractivity contribution in [2.24, 2.45) is 0 Å². The molecule has 0 bridgehead atoms. The van der Waals surface area contributed by atoms with Crippen molar-refractivity contribution in [1.82, 2.24) is 14.5 Å². The number of aromatic amines is 1. The highest BCUT2D eigenvalue weighted by Gasteiger charge is 2.23. The lowest BCUT2D eigenvalue weighted by molar-refractivity contribution is 0.0991. The number of aromatic nitrogens is 2. The summed E-state index contributed by atoms with van der Waals surface area (Å²) in [5.41, 5.74) is 1.64. The van der Waals surface area contributed by atoms with Crippen molar-refractivity contribution >= 4 is 21.7 Å². The molecule has 8 nitrogen and oxygen atoms in total. The first-order valence-corrected chi connectivity index (χ1v) is 7.52. The highest BCUT2D eigenvalue weighted by Crippen LogP contribution is 2.19. The molecule has 0 aliphatic heterocycles. The Balaban J connectivity index is 2.22. The van der Waals surface area contributed by atoms with Crippen molar-refractivity contribution in [3.05, 3.63) is 29.2 Å². The minimum Gasteiger partial charge on any atom is -0.438 e. The summed E-state index contributed by atoms with van der Waals surface area (Å²) >= 11 is 0. The van der Waals surface area contributed by atoms with Gasteiger partial charge in [0.25, 0.3) is 15.9 Å². The molecule has 2 aromatic rings. The number of carbonyl (C=O) groups excluding carboxylic acids is 1. The average Bonchev–Trinajstić information content (AvgIpc) is 3.01. The van der Waals surface area contributed by atoms with Crippen LogP contribution in [0.25, 0.3) is 0 Å². The molecule has 0 aliphatic carbocycles. The zero-order chi connectivity index (χ0) is 15.8. The first kappa shape index (κ1) is 15.3. The quantitative estimate of drug-likeness (QED) is 0.879. The summed E-state index contributed by atoms with van der Waals surface area (Å²) in [6.07, 6.45) is 0. The fraction of sp³-hybridized carbons (Fsp3) is 0.333. The number of H-pyrrole nitrogens is 1. The van der Waals surface area contributed by atoms with Gasteiger partial charge in [0.05, 0.1) is 0 Å². The SMILES string of the molecule is Cc1[nH]nc(NC(=O)c2ccc(S(=O)(=O)N(C)C)o2)c1C. The summed E-state index contributed by atoms with van der Waals surface area (Å²) in [7, 11) is -0.937.